The number of hydrogen-bond donors (Lipinski definition) is 2. The first kappa shape index (κ1) is 23.4. The van der Waals surface area contributed by atoms with Crippen LogP contribution in [0.25, 0.3) is 0 Å². The summed E-state index contributed by atoms with van der Waals surface area (Å²) in [4.78, 5) is 14.3. The number of nitrogens with one attached hydrogen (secondary N) is 2. The van der Waals surface area contributed by atoms with Crippen molar-refractivity contribution in [1.82, 2.24) is 10.2 Å². The van der Waals surface area contributed by atoms with Gasteiger partial charge in [0.05, 0.1) is 10.9 Å². The normalized spacial score (nSPS) is 12.4. The molecule has 3 aromatic rings. The van der Waals surface area contributed by atoms with E-state index in [1.165, 1.54) is 48.5 Å². The zero-order valence-corrected chi connectivity index (χ0v) is 18.4. The molecule has 1 atom stereocenters. The Balaban J connectivity index is 1.65. The van der Waals surface area contributed by atoms with Gasteiger partial charge in [-0.1, -0.05) is 12.1 Å². The summed E-state index contributed by atoms with van der Waals surface area (Å²) in [6.45, 7) is 0.258. The number of carbonyl (C=O) groups is 1. The maximum Gasteiger partial charge on any atom is 0.261 e. The van der Waals surface area contributed by atoms with Gasteiger partial charge in [0.15, 0.2) is 0 Å². The first-order chi connectivity index (χ1) is 15.2. The predicted octanol–water partition coefficient (Wildman–Crippen LogP) is 3.80. The number of rotatable bonds is 8. The van der Waals surface area contributed by atoms with Gasteiger partial charge in [-0.3, -0.25) is 9.52 Å². The molecule has 0 aliphatic carbocycles. The fourth-order valence-corrected chi connectivity index (χ4v) is 4.18. The molecule has 9 heteroatoms. The van der Waals surface area contributed by atoms with Gasteiger partial charge in [0.25, 0.3) is 15.9 Å². The Labute approximate surface area is 185 Å². The maximum atomic E-state index is 13.6. The van der Waals surface area contributed by atoms with Crippen molar-refractivity contribution >= 4 is 21.6 Å². The fraction of sp³-hybridized carbons (Fsp3) is 0.174. The van der Waals surface area contributed by atoms with E-state index in [1.807, 2.05) is 19.0 Å². The number of halogens is 2. The van der Waals surface area contributed by atoms with Crippen molar-refractivity contribution in [3.63, 3.8) is 0 Å². The van der Waals surface area contributed by atoms with Crippen LogP contribution in [0.4, 0.5) is 14.5 Å². The molecule has 2 N–H and O–H groups in total. The molecule has 1 unspecified atom stereocenters. The molecule has 0 aliphatic rings. The van der Waals surface area contributed by atoms with Gasteiger partial charge in [-0.15, -0.1) is 0 Å². The number of carbonyl (C=O) groups excluding carboxylic acids is 1. The van der Waals surface area contributed by atoms with Crippen LogP contribution in [0, 0.1) is 11.6 Å². The second-order valence-electron chi connectivity index (χ2n) is 7.38. The lowest BCUT2D eigenvalue weighted by molar-refractivity contribution is 0.0942. The summed E-state index contributed by atoms with van der Waals surface area (Å²) in [5, 5.41) is 2.82. The molecule has 0 fully saturated rings. The Morgan fingerprint density at radius 2 is 1.59 bits per heavy atom. The van der Waals surface area contributed by atoms with Crippen LogP contribution < -0.4 is 10.0 Å². The number of likely N-dealkylation sites (N-methyl/N-ethyl adjacent to an activating group) is 1. The molecule has 0 saturated heterocycles. The third kappa shape index (κ3) is 5.89. The molecule has 1 amide bonds. The van der Waals surface area contributed by atoms with Crippen LogP contribution in [0.5, 0.6) is 0 Å². The average molecular weight is 460 g/mol. The summed E-state index contributed by atoms with van der Waals surface area (Å²) in [7, 11) is -0.208. The van der Waals surface area contributed by atoms with E-state index in [-0.39, 0.29) is 34.9 Å². The molecule has 0 spiro atoms. The zero-order valence-electron chi connectivity index (χ0n) is 17.5. The highest BCUT2D eigenvalue weighted by atomic mass is 32.2. The van der Waals surface area contributed by atoms with Crippen molar-refractivity contribution in [2.75, 3.05) is 25.4 Å². The Bertz CT molecular complexity index is 1180. The summed E-state index contributed by atoms with van der Waals surface area (Å²) < 4.78 is 53.7. The molecule has 0 radical (unpaired) electrons. The third-order valence-corrected chi connectivity index (χ3v) is 6.23. The number of anilines is 1. The van der Waals surface area contributed by atoms with Gasteiger partial charge in [0, 0.05) is 17.8 Å². The third-order valence-electron chi connectivity index (χ3n) is 4.84. The van der Waals surface area contributed by atoms with E-state index in [4.69, 9.17) is 0 Å². The molecule has 3 rings (SSSR count). The lowest BCUT2D eigenvalue weighted by Gasteiger charge is -2.25. The van der Waals surface area contributed by atoms with E-state index in [9.17, 15) is 22.0 Å². The van der Waals surface area contributed by atoms with Crippen LogP contribution >= 0.6 is 0 Å². The highest BCUT2D eigenvalue weighted by molar-refractivity contribution is 7.92. The van der Waals surface area contributed by atoms with Crippen molar-refractivity contribution in [3.05, 3.63) is 95.6 Å². The molecule has 6 nitrogen and oxygen atoms in total. The van der Waals surface area contributed by atoms with E-state index in [0.717, 1.165) is 17.7 Å². The minimum absolute atomic E-state index is 0.0761. The van der Waals surface area contributed by atoms with E-state index < -0.39 is 15.8 Å². The average Bonchev–Trinajstić information content (AvgIpc) is 2.74. The number of sulfonamides is 1. The fourth-order valence-electron chi connectivity index (χ4n) is 3.12. The van der Waals surface area contributed by atoms with Gasteiger partial charge in [0.2, 0.25) is 0 Å². The Morgan fingerprint density at radius 1 is 0.938 bits per heavy atom. The number of nitrogens with zero attached hydrogens (tertiary/aromatic N) is 1. The highest BCUT2D eigenvalue weighted by Gasteiger charge is 2.17. The molecule has 0 heterocycles. The van der Waals surface area contributed by atoms with E-state index in [1.54, 1.807) is 12.1 Å². The first-order valence-corrected chi connectivity index (χ1v) is 11.2. The topological polar surface area (TPSA) is 78.5 Å². The summed E-state index contributed by atoms with van der Waals surface area (Å²) in [6.07, 6.45) is 0. The van der Waals surface area contributed by atoms with Crippen molar-refractivity contribution in [3.8, 4) is 0 Å². The van der Waals surface area contributed by atoms with E-state index >= 15 is 0 Å². The molecule has 0 bridgehead atoms. The summed E-state index contributed by atoms with van der Waals surface area (Å²) in [6, 6.07) is 16.3. The van der Waals surface area contributed by atoms with E-state index in [2.05, 4.69) is 10.0 Å². The number of amides is 1. The van der Waals surface area contributed by atoms with Gasteiger partial charge in [-0.05, 0) is 80.3 Å². The zero-order chi connectivity index (χ0) is 23.3. The lowest BCUT2D eigenvalue weighted by Crippen LogP contribution is -2.34. The quantitative estimate of drug-likeness (QED) is 0.537. The van der Waals surface area contributed by atoms with Crippen molar-refractivity contribution < 1.29 is 22.0 Å². The van der Waals surface area contributed by atoms with Crippen LogP contribution in [-0.2, 0) is 10.0 Å². The Morgan fingerprint density at radius 3 is 2.19 bits per heavy atom. The van der Waals surface area contributed by atoms with Crippen molar-refractivity contribution in [2.24, 2.45) is 0 Å². The molecular formula is C23H23F2N3O3S. The first-order valence-electron chi connectivity index (χ1n) is 9.74. The SMILES string of the molecule is CN(C)C(CNC(=O)c1ccc(NS(=O)(=O)c2ccc(F)cc2)cc1)c1cccc(F)c1. The highest BCUT2D eigenvalue weighted by Crippen LogP contribution is 2.19. The second kappa shape index (κ2) is 9.88. The van der Waals surface area contributed by atoms with Crippen LogP contribution in [0.1, 0.15) is 22.0 Å². The monoisotopic (exact) mass is 459 g/mol. The smallest absolute Gasteiger partial charge is 0.261 e. The predicted molar refractivity (Wildman–Crippen MR) is 119 cm³/mol. The van der Waals surface area contributed by atoms with Gasteiger partial charge >= 0.3 is 0 Å². The van der Waals surface area contributed by atoms with Gasteiger partial charge in [-0.25, -0.2) is 17.2 Å². The number of hydrogen-bond acceptors (Lipinski definition) is 4. The molecule has 0 aromatic heterocycles. The standard InChI is InChI=1S/C23H23F2N3O3S/c1-28(2)22(17-4-3-5-19(25)14-17)15-26-23(29)16-6-10-20(11-7-16)27-32(30,31)21-12-8-18(24)9-13-21/h3-14,22,27H,15H2,1-2H3,(H,26,29). The molecule has 0 saturated carbocycles. The maximum absolute atomic E-state index is 13.6. The Hall–Kier alpha value is -3.30. The lowest BCUT2D eigenvalue weighted by atomic mass is 10.1. The second-order valence-corrected chi connectivity index (χ2v) is 9.06. The number of benzene rings is 3. The molecule has 168 valence electrons. The van der Waals surface area contributed by atoms with Crippen LogP contribution in [0.15, 0.2) is 77.7 Å². The van der Waals surface area contributed by atoms with Crippen LogP contribution in [0.2, 0.25) is 0 Å². The minimum Gasteiger partial charge on any atom is -0.350 e. The Kier molecular flexibility index (Phi) is 7.22. The summed E-state index contributed by atoms with van der Waals surface area (Å²) >= 11 is 0. The van der Waals surface area contributed by atoms with Crippen molar-refractivity contribution in [1.29, 1.82) is 0 Å². The minimum atomic E-state index is -3.88. The van der Waals surface area contributed by atoms with Crippen molar-refractivity contribution in [2.45, 2.75) is 10.9 Å². The van der Waals surface area contributed by atoms with Gasteiger partial charge in [0.1, 0.15) is 11.6 Å². The van der Waals surface area contributed by atoms with Gasteiger partial charge in [-0.2, -0.15) is 0 Å². The molecular weight excluding hydrogens is 436 g/mol. The molecule has 32 heavy (non-hydrogen) atoms. The summed E-state index contributed by atoms with van der Waals surface area (Å²) in [5.41, 5.74) is 1.34. The molecule has 0 aliphatic heterocycles. The largest absolute Gasteiger partial charge is 0.350 e. The van der Waals surface area contributed by atoms with E-state index in [0.29, 0.717) is 5.56 Å². The molecule has 3 aromatic carbocycles. The van der Waals surface area contributed by atoms with Crippen LogP contribution in [-0.4, -0.2) is 39.9 Å². The van der Waals surface area contributed by atoms with Gasteiger partial charge < -0.3 is 10.2 Å². The summed E-state index contributed by atoms with van der Waals surface area (Å²) in [5.74, 6) is -1.23. The van der Waals surface area contributed by atoms with Crippen LogP contribution in [0.3, 0.4) is 0 Å².